The van der Waals surface area contributed by atoms with Crippen molar-refractivity contribution in [3.05, 3.63) is 35.6 Å². The molecule has 2 rings (SSSR count). The number of piperazine rings is 1. The van der Waals surface area contributed by atoms with Crippen LogP contribution in [0.4, 0.5) is 4.39 Å². The second-order valence-corrected chi connectivity index (χ2v) is 5.92. The van der Waals surface area contributed by atoms with Crippen molar-refractivity contribution in [2.45, 2.75) is 32.4 Å². The molecule has 1 aromatic carbocycles. The first-order valence-corrected chi connectivity index (χ1v) is 7.53. The first-order chi connectivity index (χ1) is 9.56. The molecule has 0 radical (unpaired) electrons. The van der Waals surface area contributed by atoms with Crippen LogP contribution in [-0.4, -0.2) is 48.6 Å². The lowest BCUT2D eigenvalue weighted by Crippen LogP contribution is -2.49. The highest BCUT2D eigenvalue weighted by molar-refractivity contribution is 5.19. The number of benzene rings is 1. The van der Waals surface area contributed by atoms with Crippen LogP contribution in [0, 0.1) is 5.82 Å². The number of nitrogens with two attached hydrogens (primary N) is 1. The first kappa shape index (κ1) is 15.4. The predicted molar refractivity (Wildman–Crippen MR) is 81.1 cm³/mol. The van der Waals surface area contributed by atoms with Crippen molar-refractivity contribution in [1.29, 1.82) is 0 Å². The summed E-state index contributed by atoms with van der Waals surface area (Å²) in [7, 11) is 0. The summed E-state index contributed by atoms with van der Waals surface area (Å²) in [5, 5.41) is 0. The third kappa shape index (κ3) is 4.27. The number of hydrogen-bond donors (Lipinski definition) is 1. The molecule has 1 fully saturated rings. The van der Waals surface area contributed by atoms with Gasteiger partial charge in [0.25, 0.3) is 0 Å². The average Bonchev–Trinajstić information content (AvgIpc) is 2.46. The minimum Gasteiger partial charge on any atom is -0.324 e. The molecule has 20 heavy (non-hydrogen) atoms. The molecule has 1 heterocycles. The van der Waals surface area contributed by atoms with Crippen LogP contribution in [0.2, 0.25) is 0 Å². The minimum atomic E-state index is -0.203. The smallest absolute Gasteiger partial charge is 0.123 e. The highest BCUT2D eigenvalue weighted by Crippen LogP contribution is 2.16. The molecule has 1 aliphatic rings. The van der Waals surface area contributed by atoms with Crippen LogP contribution in [0.15, 0.2) is 24.3 Å². The minimum absolute atomic E-state index is 0.00118. The monoisotopic (exact) mass is 279 g/mol. The Hall–Kier alpha value is -0.970. The lowest BCUT2D eigenvalue weighted by Gasteiger charge is -2.37. The molecule has 0 amide bonds. The van der Waals surface area contributed by atoms with Crippen LogP contribution in [0.3, 0.4) is 0 Å². The highest BCUT2D eigenvalue weighted by atomic mass is 19.1. The van der Waals surface area contributed by atoms with Crippen molar-refractivity contribution in [1.82, 2.24) is 9.80 Å². The zero-order chi connectivity index (χ0) is 14.5. The quantitative estimate of drug-likeness (QED) is 0.897. The summed E-state index contributed by atoms with van der Waals surface area (Å²) in [5.41, 5.74) is 7.20. The summed E-state index contributed by atoms with van der Waals surface area (Å²) in [6.45, 7) is 10.0. The van der Waals surface area contributed by atoms with Gasteiger partial charge >= 0.3 is 0 Å². The second kappa shape index (κ2) is 7.16. The van der Waals surface area contributed by atoms with Gasteiger partial charge in [-0.05, 0) is 38.0 Å². The predicted octanol–water partition coefficient (Wildman–Crippen LogP) is 2.24. The van der Waals surface area contributed by atoms with E-state index in [0.29, 0.717) is 6.04 Å². The molecule has 1 unspecified atom stereocenters. The SMILES string of the molecule is CC(C)N1CCN(CCC(N)c2ccc(F)cc2)CC1. The fourth-order valence-electron chi connectivity index (χ4n) is 2.70. The summed E-state index contributed by atoms with van der Waals surface area (Å²) < 4.78 is 12.9. The highest BCUT2D eigenvalue weighted by Gasteiger charge is 2.19. The molecule has 1 atom stereocenters. The van der Waals surface area contributed by atoms with E-state index >= 15 is 0 Å². The maximum Gasteiger partial charge on any atom is 0.123 e. The van der Waals surface area contributed by atoms with E-state index in [9.17, 15) is 4.39 Å². The lowest BCUT2D eigenvalue weighted by molar-refractivity contribution is 0.106. The Kier molecular flexibility index (Phi) is 5.52. The van der Waals surface area contributed by atoms with Crippen molar-refractivity contribution in [2.75, 3.05) is 32.7 Å². The van der Waals surface area contributed by atoms with E-state index < -0.39 is 0 Å². The van der Waals surface area contributed by atoms with E-state index in [0.717, 1.165) is 44.7 Å². The van der Waals surface area contributed by atoms with E-state index in [2.05, 4.69) is 23.6 Å². The van der Waals surface area contributed by atoms with E-state index in [-0.39, 0.29) is 11.9 Å². The van der Waals surface area contributed by atoms with Gasteiger partial charge in [0.05, 0.1) is 0 Å². The van der Waals surface area contributed by atoms with Crippen LogP contribution in [0.1, 0.15) is 31.9 Å². The molecule has 1 aliphatic heterocycles. The summed E-state index contributed by atoms with van der Waals surface area (Å²) in [5.74, 6) is -0.203. The largest absolute Gasteiger partial charge is 0.324 e. The van der Waals surface area contributed by atoms with Crippen molar-refractivity contribution in [2.24, 2.45) is 5.73 Å². The Morgan fingerprint density at radius 1 is 1.10 bits per heavy atom. The molecule has 0 spiro atoms. The molecule has 1 aromatic rings. The van der Waals surface area contributed by atoms with Gasteiger partial charge in [0, 0.05) is 44.8 Å². The molecule has 0 saturated carbocycles. The van der Waals surface area contributed by atoms with Crippen molar-refractivity contribution >= 4 is 0 Å². The molecule has 0 aliphatic carbocycles. The normalized spacial score (nSPS) is 19.4. The lowest BCUT2D eigenvalue weighted by atomic mass is 10.0. The average molecular weight is 279 g/mol. The number of rotatable bonds is 5. The molecule has 112 valence electrons. The van der Waals surface area contributed by atoms with Crippen molar-refractivity contribution in [3.8, 4) is 0 Å². The molecular formula is C16H26FN3. The third-order valence-corrected chi connectivity index (χ3v) is 4.19. The van der Waals surface area contributed by atoms with Gasteiger partial charge in [-0.2, -0.15) is 0 Å². The summed E-state index contributed by atoms with van der Waals surface area (Å²) in [4.78, 5) is 4.98. The van der Waals surface area contributed by atoms with Gasteiger partial charge in [-0.1, -0.05) is 12.1 Å². The Labute approximate surface area is 121 Å². The summed E-state index contributed by atoms with van der Waals surface area (Å²) in [6, 6.07) is 7.18. The van der Waals surface area contributed by atoms with Gasteiger partial charge in [-0.3, -0.25) is 4.90 Å². The van der Waals surface area contributed by atoms with Crippen molar-refractivity contribution in [3.63, 3.8) is 0 Å². The maximum absolute atomic E-state index is 12.9. The Bertz CT molecular complexity index is 397. The van der Waals surface area contributed by atoms with Crippen LogP contribution in [0.5, 0.6) is 0 Å². The van der Waals surface area contributed by atoms with Gasteiger partial charge in [0.1, 0.15) is 5.82 Å². The summed E-state index contributed by atoms with van der Waals surface area (Å²) in [6.07, 6.45) is 0.924. The topological polar surface area (TPSA) is 32.5 Å². The van der Waals surface area contributed by atoms with E-state index in [1.165, 1.54) is 12.1 Å². The van der Waals surface area contributed by atoms with Gasteiger partial charge in [-0.25, -0.2) is 4.39 Å². The maximum atomic E-state index is 12.9. The van der Waals surface area contributed by atoms with Gasteiger partial charge in [0.15, 0.2) is 0 Å². The van der Waals surface area contributed by atoms with E-state index in [1.54, 1.807) is 12.1 Å². The molecule has 1 saturated heterocycles. The summed E-state index contributed by atoms with van der Waals surface area (Å²) >= 11 is 0. The number of hydrogen-bond acceptors (Lipinski definition) is 3. The number of nitrogens with zero attached hydrogens (tertiary/aromatic N) is 2. The van der Waals surface area contributed by atoms with Gasteiger partial charge in [-0.15, -0.1) is 0 Å². The Morgan fingerprint density at radius 3 is 2.25 bits per heavy atom. The fraction of sp³-hybridized carbons (Fsp3) is 0.625. The zero-order valence-corrected chi connectivity index (χ0v) is 12.6. The Morgan fingerprint density at radius 2 is 1.70 bits per heavy atom. The number of halogens is 1. The Balaban J connectivity index is 1.74. The molecule has 2 N–H and O–H groups in total. The van der Waals surface area contributed by atoms with Gasteiger partial charge in [0.2, 0.25) is 0 Å². The molecule has 3 nitrogen and oxygen atoms in total. The van der Waals surface area contributed by atoms with Crippen LogP contribution in [0.25, 0.3) is 0 Å². The van der Waals surface area contributed by atoms with E-state index in [4.69, 9.17) is 5.73 Å². The van der Waals surface area contributed by atoms with Crippen LogP contribution < -0.4 is 5.73 Å². The van der Waals surface area contributed by atoms with E-state index in [1.807, 2.05) is 0 Å². The third-order valence-electron chi connectivity index (χ3n) is 4.19. The molecular weight excluding hydrogens is 253 g/mol. The second-order valence-electron chi connectivity index (χ2n) is 5.92. The molecule has 0 aromatic heterocycles. The van der Waals surface area contributed by atoms with Gasteiger partial charge < -0.3 is 10.6 Å². The fourth-order valence-corrected chi connectivity index (χ4v) is 2.70. The van der Waals surface area contributed by atoms with Crippen molar-refractivity contribution < 1.29 is 4.39 Å². The molecule has 0 bridgehead atoms. The van der Waals surface area contributed by atoms with Crippen LogP contribution in [-0.2, 0) is 0 Å². The first-order valence-electron chi connectivity index (χ1n) is 7.53. The van der Waals surface area contributed by atoms with Crippen LogP contribution >= 0.6 is 0 Å². The molecule has 4 heteroatoms. The standard InChI is InChI=1S/C16H26FN3/c1-13(2)20-11-9-19(10-12-20)8-7-16(18)14-3-5-15(17)6-4-14/h3-6,13,16H,7-12,18H2,1-2H3. The zero-order valence-electron chi connectivity index (χ0n) is 12.6.